The Morgan fingerprint density at radius 1 is 1.12 bits per heavy atom. The highest BCUT2D eigenvalue weighted by Crippen LogP contribution is 2.24. The molecule has 0 aliphatic heterocycles. The second kappa shape index (κ2) is 8.79. The molecule has 0 amide bonds. The van der Waals surface area contributed by atoms with Crippen LogP contribution in [0.2, 0.25) is 0 Å². The van der Waals surface area contributed by atoms with Gasteiger partial charge < -0.3 is 5.73 Å². The summed E-state index contributed by atoms with van der Waals surface area (Å²) in [6.07, 6.45) is 3.02. The topological polar surface area (TPSA) is 131 Å². The average molecular weight is 452 g/mol. The number of rotatable bonds is 7. The monoisotopic (exact) mass is 451 g/mol. The number of Topliss-reactive ketones (excluding diaryl/α,β-unsaturated/α-hetero) is 1. The number of fused-ring (bicyclic) bond motifs is 1. The van der Waals surface area contributed by atoms with Crippen LogP contribution >= 0.6 is 11.8 Å². The number of anilines is 1. The van der Waals surface area contributed by atoms with E-state index in [1.165, 1.54) is 22.7 Å². The lowest BCUT2D eigenvalue weighted by atomic mass is 10.2. The van der Waals surface area contributed by atoms with Crippen molar-refractivity contribution < 1.29 is 4.79 Å². The standard InChI is InChI=1S/C21H21N7O3S/c1-3-27-20(30)16(17(22)28(21(27)31)10-13-7-5-4-6-8-13)15(29)11-32-19-14-9-25-26(2)18(14)23-12-24-19/h4-9,12H,3,10-11,22H2,1-2H3. The minimum absolute atomic E-state index is 0.0757. The molecule has 4 rings (SSSR count). The molecule has 2 N–H and O–H groups in total. The Labute approximate surface area is 186 Å². The zero-order valence-electron chi connectivity index (χ0n) is 17.6. The third-order valence-electron chi connectivity index (χ3n) is 5.08. The van der Waals surface area contributed by atoms with Gasteiger partial charge in [0.1, 0.15) is 22.7 Å². The molecule has 1 aromatic carbocycles. The van der Waals surface area contributed by atoms with Gasteiger partial charge in [0, 0.05) is 13.6 Å². The highest BCUT2D eigenvalue weighted by atomic mass is 32.2. The van der Waals surface area contributed by atoms with E-state index in [0.29, 0.717) is 16.1 Å². The van der Waals surface area contributed by atoms with E-state index in [4.69, 9.17) is 5.73 Å². The SMILES string of the molecule is CCn1c(=O)c(C(=O)CSc2ncnc3c2cnn3C)c(N)n(Cc2ccccc2)c1=O. The van der Waals surface area contributed by atoms with Crippen LogP contribution in [0.15, 0.2) is 57.5 Å². The van der Waals surface area contributed by atoms with Crippen LogP contribution in [-0.2, 0) is 20.1 Å². The van der Waals surface area contributed by atoms with Crippen LogP contribution in [0.4, 0.5) is 5.82 Å². The van der Waals surface area contributed by atoms with Crippen LogP contribution in [0.3, 0.4) is 0 Å². The quantitative estimate of drug-likeness (QED) is 0.253. The number of aryl methyl sites for hydroxylation is 1. The fourth-order valence-electron chi connectivity index (χ4n) is 3.44. The summed E-state index contributed by atoms with van der Waals surface area (Å²) in [4.78, 5) is 47.3. The van der Waals surface area contributed by atoms with E-state index in [1.807, 2.05) is 30.3 Å². The maximum Gasteiger partial charge on any atom is 0.332 e. The summed E-state index contributed by atoms with van der Waals surface area (Å²) in [7, 11) is 1.76. The van der Waals surface area contributed by atoms with E-state index in [0.717, 1.165) is 10.1 Å². The first-order valence-corrected chi connectivity index (χ1v) is 10.9. The van der Waals surface area contributed by atoms with Gasteiger partial charge >= 0.3 is 5.69 Å². The average Bonchev–Trinajstić information content (AvgIpc) is 3.18. The van der Waals surface area contributed by atoms with E-state index in [-0.39, 0.29) is 30.2 Å². The molecule has 0 bridgehead atoms. The molecule has 0 aliphatic carbocycles. The molecule has 164 valence electrons. The summed E-state index contributed by atoms with van der Waals surface area (Å²) in [5, 5.41) is 5.44. The van der Waals surface area contributed by atoms with Gasteiger partial charge in [-0.25, -0.2) is 14.8 Å². The maximum absolute atomic E-state index is 13.1. The summed E-state index contributed by atoms with van der Waals surface area (Å²) < 4.78 is 3.91. The van der Waals surface area contributed by atoms with Crippen molar-refractivity contribution in [3.63, 3.8) is 0 Å². The molecule has 32 heavy (non-hydrogen) atoms. The summed E-state index contributed by atoms with van der Waals surface area (Å²) in [6.45, 7) is 1.96. The highest BCUT2D eigenvalue weighted by Gasteiger charge is 2.23. The van der Waals surface area contributed by atoms with Gasteiger partial charge in [-0.05, 0) is 12.5 Å². The molecular formula is C21H21N7O3S. The van der Waals surface area contributed by atoms with Crippen LogP contribution in [0.1, 0.15) is 22.8 Å². The molecular weight excluding hydrogens is 430 g/mol. The second-order valence-corrected chi connectivity index (χ2v) is 8.02. The number of carbonyl (C=O) groups excluding carboxylic acids is 1. The fraction of sp³-hybridized carbons (Fsp3) is 0.238. The number of nitrogens with two attached hydrogens (primary N) is 1. The minimum atomic E-state index is -0.681. The third kappa shape index (κ3) is 3.82. The number of aromatic nitrogens is 6. The first-order valence-electron chi connectivity index (χ1n) is 9.88. The van der Waals surface area contributed by atoms with Crippen LogP contribution in [0.5, 0.6) is 0 Å². The molecule has 0 spiro atoms. The van der Waals surface area contributed by atoms with Gasteiger partial charge in [0.2, 0.25) is 0 Å². The van der Waals surface area contributed by atoms with Crippen LogP contribution in [-0.4, -0.2) is 40.4 Å². The smallest absolute Gasteiger partial charge is 0.332 e. The number of carbonyl (C=O) groups is 1. The van der Waals surface area contributed by atoms with Gasteiger partial charge in [0.25, 0.3) is 5.56 Å². The molecule has 0 unspecified atom stereocenters. The number of hydrogen-bond donors (Lipinski definition) is 1. The zero-order chi connectivity index (χ0) is 22.8. The van der Waals surface area contributed by atoms with Gasteiger partial charge in [-0.3, -0.25) is 23.4 Å². The maximum atomic E-state index is 13.1. The Morgan fingerprint density at radius 2 is 1.88 bits per heavy atom. The van der Waals surface area contributed by atoms with Crippen molar-refractivity contribution in [2.45, 2.75) is 25.0 Å². The molecule has 0 saturated carbocycles. The predicted molar refractivity (Wildman–Crippen MR) is 122 cm³/mol. The number of thioether (sulfide) groups is 1. The predicted octanol–water partition coefficient (Wildman–Crippen LogP) is 1.31. The lowest BCUT2D eigenvalue weighted by Gasteiger charge is -2.15. The van der Waals surface area contributed by atoms with Crippen LogP contribution < -0.4 is 17.0 Å². The van der Waals surface area contributed by atoms with E-state index in [2.05, 4.69) is 15.1 Å². The zero-order valence-corrected chi connectivity index (χ0v) is 18.4. The highest BCUT2D eigenvalue weighted by molar-refractivity contribution is 8.00. The number of nitrogen functional groups attached to an aromatic ring is 1. The molecule has 11 heteroatoms. The van der Waals surface area contributed by atoms with Gasteiger partial charge in [-0.15, -0.1) is 0 Å². The van der Waals surface area contributed by atoms with Gasteiger partial charge in [0.05, 0.1) is 23.9 Å². The molecule has 3 heterocycles. The van der Waals surface area contributed by atoms with Crippen molar-refractivity contribution in [2.75, 3.05) is 11.5 Å². The number of benzene rings is 1. The Bertz CT molecular complexity index is 1420. The van der Waals surface area contributed by atoms with Gasteiger partial charge in [0.15, 0.2) is 11.4 Å². The van der Waals surface area contributed by atoms with Crippen molar-refractivity contribution in [2.24, 2.45) is 7.05 Å². The normalized spacial score (nSPS) is 11.2. The third-order valence-corrected chi connectivity index (χ3v) is 6.08. The number of ketones is 1. The Morgan fingerprint density at radius 3 is 2.59 bits per heavy atom. The van der Waals surface area contributed by atoms with Crippen molar-refractivity contribution >= 4 is 34.4 Å². The lowest BCUT2D eigenvalue weighted by Crippen LogP contribution is -2.44. The van der Waals surface area contributed by atoms with Crippen LogP contribution in [0, 0.1) is 0 Å². The molecule has 0 radical (unpaired) electrons. The lowest BCUT2D eigenvalue weighted by molar-refractivity contribution is 0.102. The molecule has 3 aromatic heterocycles. The molecule has 0 saturated heterocycles. The van der Waals surface area contributed by atoms with E-state index in [1.54, 1.807) is 24.9 Å². The summed E-state index contributed by atoms with van der Waals surface area (Å²) in [6, 6.07) is 9.24. The first kappa shape index (κ1) is 21.5. The molecule has 0 fully saturated rings. The summed E-state index contributed by atoms with van der Waals surface area (Å²) in [5.41, 5.74) is 6.25. The van der Waals surface area contributed by atoms with Crippen LogP contribution in [0.25, 0.3) is 11.0 Å². The van der Waals surface area contributed by atoms with E-state index in [9.17, 15) is 14.4 Å². The Hall–Kier alpha value is -3.73. The minimum Gasteiger partial charge on any atom is -0.384 e. The molecule has 0 aliphatic rings. The Balaban J connectivity index is 1.70. The van der Waals surface area contributed by atoms with Gasteiger partial charge in [-0.1, -0.05) is 42.1 Å². The largest absolute Gasteiger partial charge is 0.384 e. The van der Waals surface area contributed by atoms with Crippen molar-refractivity contribution in [3.8, 4) is 0 Å². The number of hydrogen-bond acceptors (Lipinski definition) is 8. The van der Waals surface area contributed by atoms with Crippen molar-refractivity contribution in [1.82, 2.24) is 28.9 Å². The van der Waals surface area contributed by atoms with Gasteiger partial charge in [-0.2, -0.15) is 5.10 Å². The molecule has 0 atom stereocenters. The summed E-state index contributed by atoms with van der Waals surface area (Å²) in [5.74, 6) is -0.682. The Kier molecular flexibility index (Phi) is 5.91. The second-order valence-electron chi connectivity index (χ2n) is 7.06. The van der Waals surface area contributed by atoms with E-state index < -0.39 is 17.0 Å². The molecule has 10 nitrogen and oxygen atoms in total. The fourth-order valence-corrected chi connectivity index (χ4v) is 4.27. The first-order chi connectivity index (χ1) is 15.4. The summed E-state index contributed by atoms with van der Waals surface area (Å²) >= 11 is 1.17. The van der Waals surface area contributed by atoms with E-state index >= 15 is 0 Å². The molecule has 4 aromatic rings. The number of nitrogens with zero attached hydrogens (tertiary/aromatic N) is 6. The van der Waals surface area contributed by atoms with Crippen molar-refractivity contribution in [3.05, 3.63) is 74.8 Å². The van der Waals surface area contributed by atoms with Crippen molar-refractivity contribution in [1.29, 1.82) is 0 Å².